The lowest BCUT2D eigenvalue weighted by Crippen LogP contribution is -2.03. The summed E-state index contributed by atoms with van der Waals surface area (Å²) in [6.07, 6.45) is 20.8. The summed E-state index contributed by atoms with van der Waals surface area (Å²) in [5, 5.41) is 10.4. The topological polar surface area (TPSA) is 74.6 Å². The van der Waals surface area contributed by atoms with Crippen molar-refractivity contribution in [2.75, 3.05) is 0 Å². The maximum absolute atomic E-state index is 11.7. The Morgan fingerprint density at radius 2 is 1.06 bits per heavy atom. The van der Waals surface area contributed by atoms with Crippen LogP contribution in [0.25, 0.3) is 0 Å². The molecule has 2 N–H and O–H groups in total. The van der Waals surface area contributed by atoms with E-state index in [1.165, 1.54) is 76.7 Å². The first-order valence-electron chi connectivity index (χ1n) is 12.7. The molecule has 0 aliphatic carbocycles. The third-order valence-corrected chi connectivity index (χ3v) is 6.98. The molecule has 31 heavy (non-hydrogen) atoms. The monoisotopic (exact) mass is 454 g/mol. The largest absolute Gasteiger partial charge is 0.506 e. The molecular weight excluding hydrogens is 408 g/mol. The molecule has 0 saturated carbocycles. The van der Waals surface area contributed by atoms with Gasteiger partial charge in [-0.3, -0.25) is 4.55 Å². The SMILES string of the molecule is CCCCCCCCCCCCc1cc(CCCCCCCC)c(O)c(S(=O)(=O)O)c1. The fraction of sp³-hybridized carbons (Fsp3) is 0.769. The number of hydrogen-bond donors (Lipinski definition) is 2. The van der Waals surface area contributed by atoms with Gasteiger partial charge in [-0.15, -0.1) is 0 Å². The number of unbranched alkanes of at least 4 members (excludes halogenated alkanes) is 14. The predicted octanol–water partition coefficient (Wildman–Crippen LogP) is 8.01. The van der Waals surface area contributed by atoms with Crippen LogP contribution in [0.5, 0.6) is 5.75 Å². The Bertz CT molecular complexity index is 698. The van der Waals surface area contributed by atoms with Gasteiger partial charge in [0.2, 0.25) is 0 Å². The molecule has 1 rings (SSSR count). The van der Waals surface area contributed by atoms with Crippen molar-refractivity contribution in [3.05, 3.63) is 23.3 Å². The zero-order chi connectivity index (χ0) is 23.0. The molecule has 0 amide bonds. The molecule has 4 nitrogen and oxygen atoms in total. The first-order valence-corrected chi connectivity index (χ1v) is 14.2. The molecule has 5 heteroatoms. The average Bonchev–Trinajstić information content (AvgIpc) is 2.72. The zero-order valence-electron chi connectivity index (χ0n) is 20.0. The second kappa shape index (κ2) is 16.5. The average molecular weight is 455 g/mol. The fourth-order valence-electron chi connectivity index (χ4n) is 4.17. The van der Waals surface area contributed by atoms with E-state index >= 15 is 0 Å². The first kappa shape index (κ1) is 28.0. The molecule has 0 bridgehead atoms. The van der Waals surface area contributed by atoms with Crippen LogP contribution in [0.1, 0.15) is 128 Å². The van der Waals surface area contributed by atoms with Gasteiger partial charge in [0.05, 0.1) is 0 Å². The van der Waals surface area contributed by atoms with E-state index in [4.69, 9.17) is 0 Å². The summed E-state index contributed by atoms with van der Waals surface area (Å²) in [5.74, 6) is -0.275. The molecule has 0 aliphatic rings. The standard InChI is InChI=1S/C26H46O4S/c1-3-5-7-9-11-12-13-14-15-17-19-23-21-24(20-18-16-10-8-6-4-2)26(27)25(22-23)31(28,29)30/h21-22,27H,3-20H2,1-2H3,(H,28,29,30). The summed E-state index contributed by atoms with van der Waals surface area (Å²) in [7, 11) is -4.42. The van der Waals surface area contributed by atoms with Gasteiger partial charge >= 0.3 is 0 Å². The molecule has 0 saturated heterocycles. The second-order valence-corrected chi connectivity index (χ2v) is 10.4. The Labute approximate surface area is 191 Å². The minimum Gasteiger partial charge on any atom is -0.506 e. The number of aromatic hydroxyl groups is 1. The van der Waals surface area contributed by atoms with E-state index in [0.717, 1.165) is 44.1 Å². The normalized spacial score (nSPS) is 11.8. The molecule has 0 unspecified atom stereocenters. The van der Waals surface area contributed by atoms with Crippen molar-refractivity contribution in [3.8, 4) is 5.75 Å². The molecule has 0 heterocycles. The van der Waals surface area contributed by atoms with E-state index in [1.807, 2.05) is 6.07 Å². The van der Waals surface area contributed by atoms with Crippen molar-refractivity contribution >= 4 is 10.1 Å². The minimum atomic E-state index is -4.42. The molecule has 1 aromatic carbocycles. The van der Waals surface area contributed by atoms with E-state index < -0.39 is 10.1 Å². The van der Waals surface area contributed by atoms with Crippen LogP contribution in [-0.2, 0) is 23.0 Å². The van der Waals surface area contributed by atoms with Crippen LogP contribution in [-0.4, -0.2) is 18.1 Å². The molecular formula is C26H46O4S. The Morgan fingerprint density at radius 3 is 1.52 bits per heavy atom. The van der Waals surface area contributed by atoms with Crippen LogP contribution in [0, 0.1) is 0 Å². The van der Waals surface area contributed by atoms with E-state index in [0.29, 0.717) is 12.0 Å². The molecule has 0 atom stereocenters. The van der Waals surface area contributed by atoms with Crippen LogP contribution in [0.3, 0.4) is 0 Å². The summed E-state index contributed by atoms with van der Waals surface area (Å²) in [6, 6.07) is 3.38. The lowest BCUT2D eigenvalue weighted by Gasteiger charge is -2.12. The van der Waals surface area contributed by atoms with Gasteiger partial charge in [0.25, 0.3) is 10.1 Å². The van der Waals surface area contributed by atoms with Gasteiger partial charge in [0.1, 0.15) is 10.6 Å². The van der Waals surface area contributed by atoms with Crippen LogP contribution in [0.15, 0.2) is 17.0 Å². The van der Waals surface area contributed by atoms with Crippen molar-refractivity contribution in [1.82, 2.24) is 0 Å². The van der Waals surface area contributed by atoms with Gasteiger partial charge in [-0.1, -0.05) is 110 Å². The summed E-state index contributed by atoms with van der Waals surface area (Å²) >= 11 is 0. The third kappa shape index (κ3) is 12.5. The van der Waals surface area contributed by atoms with Crippen LogP contribution in [0.4, 0.5) is 0 Å². The van der Waals surface area contributed by atoms with Crippen LogP contribution < -0.4 is 0 Å². The predicted molar refractivity (Wildman–Crippen MR) is 131 cm³/mol. The quantitative estimate of drug-likeness (QED) is 0.164. The minimum absolute atomic E-state index is 0.275. The number of rotatable bonds is 19. The van der Waals surface area contributed by atoms with Crippen molar-refractivity contribution in [2.45, 2.75) is 134 Å². The maximum Gasteiger partial charge on any atom is 0.298 e. The Morgan fingerprint density at radius 1 is 0.645 bits per heavy atom. The van der Waals surface area contributed by atoms with Gasteiger partial charge in [-0.25, -0.2) is 0 Å². The molecule has 0 spiro atoms. The fourth-order valence-corrected chi connectivity index (χ4v) is 4.85. The number of aryl methyl sites for hydroxylation is 2. The van der Waals surface area contributed by atoms with Crippen molar-refractivity contribution in [2.24, 2.45) is 0 Å². The van der Waals surface area contributed by atoms with Crippen LogP contribution in [0.2, 0.25) is 0 Å². The zero-order valence-corrected chi connectivity index (χ0v) is 20.8. The van der Waals surface area contributed by atoms with Crippen LogP contribution >= 0.6 is 0 Å². The summed E-state index contributed by atoms with van der Waals surface area (Å²) in [4.78, 5) is -0.335. The highest BCUT2D eigenvalue weighted by Gasteiger charge is 2.19. The van der Waals surface area contributed by atoms with E-state index in [-0.39, 0.29) is 10.6 Å². The van der Waals surface area contributed by atoms with Crippen molar-refractivity contribution < 1.29 is 18.1 Å². The van der Waals surface area contributed by atoms with Gasteiger partial charge in [0.15, 0.2) is 0 Å². The van der Waals surface area contributed by atoms with Crippen molar-refractivity contribution in [3.63, 3.8) is 0 Å². The maximum atomic E-state index is 11.7. The van der Waals surface area contributed by atoms with E-state index in [9.17, 15) is 18.1 Å². The third-order valence-electron chi connectivity index (χ3n) is 6.11. The van der Waals surface area contributed by atoms with E-state index in [1.54, 1.807) is 0 Å². The first-order chi connectivity index (χ1) is 14.9. The molecule has 0 radical (unpaired) electrons. The van der Waals surface area contributed by atoms with Gasteiger partial charge in [0, 0.05) is 0 Å². The molecule has 0 fully saturated rings. The molecule has 180 valence electrons. The summed E-state index contributed by atoms with van der Waals surface area (Å²) < 4.78 is 33.0. The number of benzene rings is 1. The summed E-state index contributed by atoms with van der Waals surface area (Å²) in [6.45, 7) is 4.43. The smallest absolute Gasteiger partial charge is 0.298 e. The lowest BCUT2D eigenvalue weighted by atomic mass is 9.99. The number of phenols is 1. The lowest BCUT2D eigenvalue weighted by molar-refractivity contribution is 0.436. The van der Waals surface area contributed by atoms with Crippen molar-refractivity contribution in [1.29, 1.82) is 0 Å². The number of hydrogen-bond acceptors (Lipinski definition) is 3. The highest BCUT2D eigenvalue weighted by atomic mass is 32.2. The van der Waals surface area contributed by atoms with E-state index in [2.05, 4.69) is 13.8 Å². The number of phenolic OH excluding ortho intramolecular Hbond substituents is 1. The second-order valence-electron chi connectivity index (χ2n) is 9.03. The Balaban J connectivity index is 2.50. The molecule has 0 aliphatic heterocycles. The molecule has 1 aromatic rings. The van der Waals surface area contributed by atoms with Gasteiger partial charge in [-0.2, -0.15) is 8.42 Å². The highest BCUT2D eigenvalue weighted by molar-refractivity contribution is 7.86. The Hall–Kier alpha value is -1.07. The van der Waals surface area contributed by atoms with Gasteiger partial charge < -0.3 is 5.11 Å². The molecule has 0 aromatic heterocycles. The Kier molecular flexibility index (Phi) is 14.9. The summed E-state index contributed by atoms with van der Waals surface area (Å²) in [5.41, 5.74) is 1.54. The highest BCUT2D eigenvalue weighted by Crippen LogP contribution is 2.31. The van der Waals surface area contributed by atoms with Gasteiger partial charge in [-0.05, 0) is 42.9 Å².